The molecule has 0 fully saturated rings. The smallest absolute Gasteiger partial charge is 0.316 e. The van der Waals surface area contributed by atoms with Crippen LogP contribution < -0.4 is 16.4 Å². The second-order valence-electron chi connectivity index (χ2n) is 3.77. The van der Waals surface area contributed by atoms with Crippen molar-refractivity contribution < 1.29 is 4.79 Å². The van der Waals surface area contributed by atoms with E-state index in [0.717, 1.165) is 16.4 Å². The predicted octanol–water partition coefficient (Wildman–Crippen LogP) is 2.90. The number of rotatable bonds is 5. The molecule has 0 aliphatic carbocycles. The minimum Gasteiger partial charge on any atom is -0.358 e. The maximum absolute atomic E-state index is 10.7. The van der Waals surface area contributed by atoms with Crippen LogP contribution in [0.15, 0.2) is 42.3 Å². The number of hydrogen-bond acceptors (Lipinski definition) is 4. The van der Waals surface area contributed by atoms with Crippen LogP contribution in [-0.4, -0.2) is 17.6 Å². The van der Waals surface area contributed by atoms with E-state index in [-0.39, 0.29) is 0 Å². The standard InChI is InChI=1S/C13H14N4OS/c1-2-7-15-13-17-11(8-19-13)9-3-5-10(6-4-9)16-12(14)18/h2-6,8H,1,7H2,(H,15,17)(H3,14,16,18). The first kappa shape index (κ1) is 13.1. The predicted molar refractivity (Wildman–Crippen MR) is 79.4 cm³/mol. The number of carbonyl (C=O) groups is 1. The van der Waals surface area contributed by atoms with Crippen LogP contribution in [0, 0.1) is 0 Å². The second-order valence-corrected chi connectivity index (χ2v) is 4.63. The number of nitrogens with two attached hydrogens (primary N) is 1. The maximum Gasteiger partial charge on any atom is 0.316 e. The SMILES string of the molecule is C=CCNc1nc(-c2ccc(NC(N)=O)cc2)cs1. The van der Waals surface area contributed by atoms with E-state index in [1.54, 1.807) is 18.2 Å². The average Bonchev–Trinajstić information content (AvgIpc) is 2.85. The minimum absolute atomic E-state index is 0.572. The van der Waals surface area contributed by atoms with Crippen molar-refractivity contribution in [2.24, 2.45) is 5.73 Å². The van der Waals surface area contributed by atoms with E-state index in [4.69, 9.17) is 5.73 Å². The van der Waals surface area contributed by atoms with Crippen molar-refractivity contribution in [3.63, 3.8) is 0 Å². The van der Waals surface area contributed by atoms with E-state index in [0.29, 0.717) is 12.2 Å². The summed E-state index contributed by atoms with van der Waals surface area (Å²) in [5.74, 6) is 0. The number of benzene rings is 1. The Bertz CT molecular complexity index is 577. The van der Waals surface area contributed by atoms with E-state index >= 15 is 0 Å². The van der Waals surface area contributed by atoms with Crippen LogP contribution in [0.3, 0.4) is 0 Å². The Hall–Kier alpha value is -2.34. The monoisotopic (exact) mass is 274 g/mol. The Morgan fingerprint density at radius 3 is 2.79 bits per heavy atom. The Kier molecular flexibility index (Phi) is 4.15. The number of anilines is 2. The normalized spacial score (nSPS) is 9.89. The molecule has 1 aromatic heterocycles. The van der Waals surface area contributed by atoms with Gasteiger partial charge in [-0.25, -0.2) is 9.78 Å². The molecule has 0 unspecified atom stereocenters. The molecule has 0 saturated heterocycles. The van der Waals surface area contributed by atoms with Gasteiger partial charge in [0.1, 0.15) is 0 Å². The van der Waals surface area contributed by atoms with Crippen LogP contribution in [-0.2, 0) is 0 Å². The molecular formula is C13H14N4OS. The molecule has 0 atom stereocenters. The molecule has 4 N–H and O–H groups in total. The molecule has 1 heterocycles. The van der Waals surface area contributed by atoms with E-state index in [1.807, 2.05) is 17.5 Å². The lowest BCUT2D eigenvalue weighted by atomic mass is 10.1. The summed E-state index contributed by atoms with van der Waals surface area (Å²) >= 11 is 1.54. The molecule has 1 aromatic carbocycles. The average molecular weight is 274 g/mol. The van der Waals surface area contributed by atoms with Crippen LogP contribution in [0.25, 0.3) is 11.3 Å². The van der Waals surface area contributed by atoms with Crippen LogP contribution in [0.4, 0.5) is 15.6 Å². The lowest BCUT2D eigenvalue weighted by molar-refractivity contribution is 0.259. The fourth-order valence-electron chi connectivity index (χ4n) is 1.51. The van der Waals surface area contributed by atoms with E-state index in [2.05, 4.69) is 22.2 Å². The van der Waals surface area contributed by atoms with Crippen molar-refractivity contribution in [2.45, 2.75) is 0 Å². The molecule has 2 rings (SSSR count). The van der Waals surface area contributed by atoms with Gasteiger partial charge in [0.05, 0.1) is 5.69 Å². The summed E-state index contributed by atoms with van der Waals surface area (Å²) in [5.41, 5.74) is 7.58. The number of carbonyl (C=O) groups excluding carboxylic acids is 1. The van der Waals surface area contributed by atoms with Crippen LogP contribution in [0.1, 0.15) is 0 Å². The number of aromatic nitrogens is 1. The number of nitrogens with one attached hydrogen (secondary N) is 2. The van der Waals surface area contributed by atoms with Gasteiger partial charge < -0.3 is 16.4 Å². The van der Waals surface area contributed by atoms with E-state index in [9.17, 15) is 4.79 Å². The van der Waals surface area contributed by atoms with Gasteiger partial charge in [-0.1, -0.05) is 18.2 Å². The molecule has 0 aliphatic rings. The molecule has 0 aliphatic heterocycles. The quantitative estimate of drug-likeness (QED) is 0.733. The van der Waals surface area contributed by atoms with E-state index < -0.39 is 6.03 Å². The van der Waals surface area contributed by atoms with Crippen molar-refractivity contribution in [3.05, 3.63) is 42.3 Å². The molecule has 2 aromatic rings. The van der Waals surface area contributed by atoms with Gasteiger partial charge in [0, 0.05) is 23.2 Å². The van der Waals surface area contributed by atoms with E-state index in [1.165, 1.54) is 11.3 Å². The van der Waals surface area contributed by atoms with Crippen molar-refractivity contribution >= 4 is 28.2 Å². The number of hydrogen-bond donors (Lipinski definition) is 3. The maximum atomic E-state index is 10.7. The van der Waals surface area contributed by atoms with Gasteiger partial charge in [-0.15, -0.1) is 17.9 Å². The molecule has 5 nitrogen and oxygen atoms in total. The number of urea groups is 1. The topological polar surface area (TPSA) is 80.0 Å². The fraction of sp³-hybridized carbons (Fsp3) is 0.0769. The lowest BCUT2D eigenvalue weighted by Gasteiger charge is -2.02. The highest BCUT2D eigenvalue weighted by Crippen LogP contribution is 2.25. The summed E-state index contributed by atoms with van der Waals surface area (Å²) in [6.07, 6.45) is 1.78. The summed E-state index contributed by atoms with van der Waals surface area (Å²) in [7, 11) is 0. The molecule has 19 heavy (non-hydrogen) atoms. The molecule has 0 bridgehead atoms. The molecule has 0 saturated carbocycles. The number of nitrogens with zero attached hydrogens (tertiary/aromatic N) is 1. The Morgan fingerprint density at radius 1 is 1.42 bits per heavy atom. The van der Waals surface area contributed by atoms with Gasteiger partial charge in [0.15, 0.2) is 5.13 Å². The Labute approximate surface area is 115 Å². The second kappa shape index (κ2) is 6.01. The summed E-state index contributed by atoms with van der Waals surface area (Å²) in [5, 5.41) is 8.48. The third kappa shape index (κ3) is 3.56. The summed E-state index contributed by atoms with van der Waals surface area (Å²) < 4.78 is 0. The summed E-state index contributed by atoms with van der Waals surface area (Å²) in [4.78, 5) is 15.2. The highest BCUT2D eigenvalue weighted by atomic mass is 32.1. The molecule has 2 amide bonds. The zero-order chi connectivity index (χ0) is 13.7. The third-order valence-corrected chi connectivity index (χ3v) is 3.15. The minimum atomic E-state index is -0.572. The Morgan fingerprint density at radius 2 is 2.16 bits per heavy atom. The van der Waals surface area contributed by atoms with Crippen molar-refractivity contribution in [3.8, 4) is 11.3 Å². The first-order valence-corrected chi connectivity index (χ1v) is 6.54. The Balaban J connectivity index is 2.10. The van der Waals surface area contributed by atoms with Gasteiger partial charge in [-0.3, -0.25) is 0 Å². The molecule has 98 valence electrons. The van der Waals surface area contributed by atoms with Crippen molar-refractivity contribution in [1.29, 1.82) is 0 Å². The number of thiazole rings is 1. The zero-order valence-corrected chi connectivity index (χ0v) is 11.0. The summed E-state index contributed by atoms with van der Waals surface area (Å²) in [6, 6.07) is 6.78. The molecular weight excluding hydrogens is 260 g/mol. The number of amides is 2. The first-order valence-electron chi connectivity index (χ1n) is 5.66. The molecule has 6 heteroatoms. The van der Waals surface area contributed by atoms with Crippen molar-refractivity contribution in [1.82, 2.24) is 4.98 Å². The van der Waals surface area contributed by atoms with Gasteiger partial charge in [0.25, 0.3) is 0 Å². The van der Waals surface area contributed by atoms with Gasteiger partial charge in [0.2, 0.25) is 0 Å². The zero-order valence-electron chi connectivity index (χ0n) is 10.2. The largest absolute Gasteiger partial charge is 0.358 e. The third-order valence-electron chi connectivity index (χ3n) is 2.35. The molecule has 0 radical (unpaired) electrons. The van der Waals surface area contributed by atoms with Gasteiger partial charge >= 0.3 is 6.03 Å². The fourth-order valence-corrected chi connectivity index (χ4v) is 2.24. The lowest BCUT2D eigenvalue weighted by Crippen LogP contribution is -2.19. The highest BCUT2D eigenvalue weighted by molar-refractivity contribution is 7.14. The van der Waals surface area contributed by atoms with Gasteiger partial charge in [-0.2, -0.15) is 0 Å². The first-order chi connectivity index (χ1) is 9.19. The van der Waals surface area contributed by atoms with Crippen molar-refractivity contribution in [2.75, 3.05) is 17.2 Å². The van der Waals surface area contributed by atoms with Gasteiger partial charge in [-0.05, 0) is 12.1 Å². The molecule has 0 spiro atoms. The number of primary amides is 1. The highest BCUT2D eigenvalue weighted by Gasteiger charge is 2.04. The summed E-state index contributed by atoms with van der Waals surface area (Å²) in [6.45, 7) is 4.33. The van der Waals surface area contributed by atoms with Crippen LogP contribution in [0.2, 0.25) is 0 Å². The van der Waals surface area contributed by atoms with Crippen LogP contribution in [0.5, 0.6) is 0 Å². The van der Waals surface area contributed by atoms with Crippen LogP contribution >= 0.6 is 11.3 Å².